The smallest absolute Gasteiger partial charge is 0.330 e. The van der Waals surface area contributed by atoms with E-state index in [4.69, 9.17) is 10.00 Å². The lowest BCUT2D eigenvalue weighted by Gasteiger charge is -2.24. The molecule has 0 fully saturated rings. The first-order valence-electron chi connectivity index (χ1n) is 7.68. The Kier molecular flexibility index (Phi) is 4.57. The van der Waals surface area contributed by atoms with Gasteiger partial charge in [-0.15, -0.1) is 0 Å². The van der Waals surface area contributed by atoms with E-state index >= 15 is 0 Å². The number of carbonyl (C=O) groups excluding carboxylic acids is 3. The summed E-state index contributed by atoms with van der Waals surface area (Å²) >= 11 is 0. The second-order valence-electron chi connectivity index (χ2n) is 5.50. The molecule has 0 aromatic heterocycles. The van der Waals surface area contributed by atoms with Crippen LogP contribution in [0, 0.1) is 11.3 Å². The van der Waals surface area contributed by atoms with E-state index in [1.54, 1.807) is 54.6 Å². The van der Waals surface area contributed by atoms with Gasteiger partial charge in [0.2, 0.25) is 0 Å². The Labute approximate surface area is 144 Å². The second kappa shape index (κ2) is 6.97. The first-order valence-corrected chi connectivity index (χ1v) is 7.68. The lowest BCUT2D eigenvalue weighted by atomic mass is 10.0. The molecule has 0 bridgehead atoms. The molecule has 0 spiro atoms. The molecule has 0 unspecified atom stereocenters. The van der Waals surface area contributed by atoms with E-state index in [9.17, 15) is 14.4 Å². The number of rotatable bonds is 5. The monoisotopic (exact) mass is 334 g/mol. The van der Waals surface area contributed by atoms with Crippen molar-refractivity contribution in [2.45, 2.75) is 12.5 Å². The highest BCUT2D eigenvalue weighted by atomic mass is 16.5. The Morgan fingerprint density at radius 3 is 2.12 bits per heavy atom. The summed E-state index contributed by atoms with van der Waals surface area (Å²) in [5, 5.41) is 8.62. The van der Waals surface area contributed by atoms with Crippen molar-refractivity contribution in [1.29, 1.82) is 5.26 Å². The van der Waals surface area contributed by atoms with Gasteiger partial charge in [0.05, 0.1) is 11.1 Å². The predicted molar refractivity (Wildman–Crippen MR) is 87.4 cm³/mol. The van der Waals surface area contributed by atoms with Gasteiger partial charge in [-0.25, -0.2) is 4.79 Å². The zero-order valence-corrected chi connectivity index (χ0v) is 13.2. The van der Waals surface area contributed by atoms with Crippen molar-refractivity contribution < 1.29 is 19.1 Å². The van der Waals surface area contributed by atoms with Crippen molar-refractivity contribution in [3.63, 3.8) is 0 Å². The van der Waals surface area contributed by atoms with Gasteiger partial charge in [0.25, 0.3) is 11.8 Å². The van der Waals surface area contributed by atoms with Crippen LogP contribution in [-0.2, 0) is 16.0 Å². The Bertz CT molecular complexity index is 835. The van der Waals surface area contributed by atoms with Crippen LogP contribution in [0.3, 0.4) is 0 Å². The fourth-order valence-electron chi connectivity index (χ4n) is 2.81. The molecule has 2 amide bonds. The normalized spacial score (nSPS) is 14.0. The molecule has 6 heteroatoms. The van der Waals surface area contributed by atoms with E-state index in [-0.39, 0.29) is 17.5 Å². The number of benzene rings is 2. The number of amides is 2. The third-order valence-electron chi connectivity index (χ3n) is 3.96. The van der Waals surface area contributed by atoms with Crippen molar-refractivity contribution in [1.82, 2.24) is 4.90 Å². The Morgan fingerprint density at radius 2 is 1.56 bits per heavy atom. The number of hydrogen-bond acceptors (Lipinski definition) is 5. The fraction of sp³-hybridized carbons (Fsp3) is 0.158. The molecule has 0 aliphatic carbocycles. The number of esters is 1. The first-order chi connectivity index (χ1) is 12.1. The molecule has 1 heterocycles. The maximum atomic E-state index is 12.6. The first kappa shape index (κ1) is 16.4. The topological polar surface area (TPSA) is 87.5 Å². The van der Waals surface area contributed by atoms with Crippen LogP contribution in [0.2, 0.25) is 0 Å². The Morgan fingerprint density at radius 1 is 1.00 bits per heavy atom. The highest BCUT2D eigenvalue weighted by molar-refractivity contribution is 6.22. The lowest BCUT2D eigenvalue weighted by molar-refractivity contribution is -0.146. The average molecular weight is 334 g/mol. The van der Waals surface area contributed by atoms with Gasteiger partial charge < -0.3 is 4.74 Å². The molecule has 2 aromatic carbocycles. The van der Waals surface area contributed by atoms with Crippen molar-refractivity contribution in [3.8, 4) is 6.07 Å². The van der Waals surface area contributed by atoms with Crippen LogP contribution in [0.1, 0.15) is 26.3 Å². The zero-order valence-electron chi connectivity index (χ0n) is 13.2. The lowest BCUT2D eigenvalue weighted by Crippen LogP contribution is -2.47. The van der Waals surface area contributed by atoms with E-state index < -0.39 is 30.4 Å². The largest absolute Gasteiger partial charge is 0.449 e. The number of fused-ring (bicyclic) bond motifs is 1. The minimum Gasteiger partial charge on any atom is -0.449 e. The van der Waals surface area contributed by atoms with E-state index in [0.717, 1.165) is 10.5 Å². The number of hydrogen-bond donors (Lipinski definition) is 0. The third kappa shape index (κ3) is 3.12. The number of nitrogens with zero attached hydrogens (tertiary/aromatic N) is 2. The molecule has 0 N–H and O–H groups in total. The summed E-state index contributed by atoms with van der Waals surface area (Å²) in [7, 11) is 0. The summed E-state index contributed by atoms with van der Waals surface area (Å²) in [6.07, 6.45) is 0.122. The molecule has 25 heavy (non-hydrogen) atoms. The predicted octanol–water partition coefficient (Wildman–Crippen LogP) is 1.96. The minimum absolute atomic E-state index is 0.122. The summed E-state index contributed by atoms with van der Waals surface area (Å²) < 4.78 is 4.89. The van der Waals surface area contributed by atoms with Crippen molar-refractivity contribution >= 4 is 17.8 Å². The van der Waals surface area contributed by atoms with E-state index in [2.05, 4.69) is 0 Å². The van der Waals surface area contributed by atoms with Gasteiger partial charge in [-0.1, -0.05) is 42.5 Å². The standard InChI is InChI=1S/C19H14N2O4/c20-10-11-25-19(24)16(12-13-6-2-1-3-7-13)21-17(22)14-8-4-5-9-15(14)18(21)23/h1-9,16H,11-12H2/t16-/m1/s1. The summed E-state index contributed by atoms with van der Waals surface area (Å²) in [5.74, 6) is -1.84. The molecular weight excluding hydrogens is 320 g/mol. The van der Waals surface area contributed by atoms with Gasteiger partial charge in [-0.05, 0) is 17.7 Å². The number of nitriles is 1. The molecule has 1 aliphatic heterocycles. The van der Waals surface area contributed by atoms with Gasteiger partial charge in [0.1, 0.15) is 12.1 Å². The number of imide groups is 1. The molecule has 0 radical (unpaired) electrons. The molecule has 2 aromatic rings. The van der Waals surface area contributed by atoms with E-state index in [0.29, 0.717) is 0 Å². The van der Waals surface area contributed by atoms with E-state index in [1.807, 2.05) is 6.07 Å². The molecule has 1 atom stereocenters. The van der Waals surface area contributed by atoms with Crippen LogP contribution >= 0.6 is 0 Å². The SMILES string of the molecule is N#CCOC(=O)[C@@H](Cc1ccccc1)N1C(=O)c2ccccc2C1=O. The molecule has 1 aliphatic rings. The molecule has 3 rings (SSSR count). The number of carbonyl (C=O) groups is 3. The maximum absolute atomic E-state index is 12.6. The fourth-order valence-corrected chi connectivity index (χ4v) is 2.81. The average Bonchev–Trinajstić information content (AvgIpc) is 2.90. The van der Waals surface area contributed by atoms with Gasteiger partial charge in [0.15, 0.2) is 6.61 Å². The van der Waals surface area contributed by atoms with Crippen LogP contribution in [0.25, 0.3) is 0 Å². The van der Waals surface area contributed by atoms with Crippen LogP contribution < -0.4 is 0 Å². The number of ether oxygens (including phenoxy) is 1. The van der Waals surface area contributed by atoms with Gasteiger partial charge in [-0.2, -0.15) is 5.26 Å². The summed E-state index contributed by atoms with van der Waals surface area (Å²) in [6, 6.07) is 16.0. The maximum Gasteiger partial charge on any atom is 0.330 e. The second-order valence-corrected chi connectivity index (χ2v) is 5.50. The van der Waals surface area contributed by atoms with Gasteiger partial charge >= 0.3 is 5.97 Å². The molecular formula is C19H14N2O4. The summed E-state index contributed by atoms with van der Waals surface area (Å²) in [6.45, 7) is -0.437. The van der Waals surface area contributed by atoms with Crippen LogP contribution in [0.4, 0.5) is 0 Å². The summed E-state index contributed by atoms with van der Waals surface area (Å²) in [4.78, 5) is 38.6. The molecule has 0 saturated heterocycles. The minimum atomic E-state index is -1.12. The van der Waals surface area contributed by atoms with E-state index in [1.165, 1.54) is 0 Å². The zero-order chi connectivity index (χ0) is 17.8. The summed E-state index contributed by atoms with van der Waals surface area (Å²) in [5.41, 5.74) is 1.30. The highest BCUT2D eigenvalue weighted by Gasteiger charge is 2.43. The molecule has 0 saturated carbocycles. The van der Waals surface area contributed by atoms with Crippen LogP contribution in [0.5, 0.6) is 0 Å². The third-order valence-corrected chi connectivity index (χ3v) is 3.96. The van der Waals surface area contributed by atoms with Crippen molar-refractivity contribution in [2.24, 2.45) is 0 Å². The van der Waals surface area contributed by atoms with Gasteiger partial charge in [0, 0.05) is 6.42 Å². The van der Waals surface area contributed by atoms with Crippen LogP contribution in [-0.4, -0.2) is 35.3 Å². The molecule has 124 valence electrons. The molecule has 6 nitrogen and oxygen atoms in total. The Balaban J connectivity index is 1.95. The van der Waals surface area contributed by atoms with Crippen molar-refractivity contribution in [2.75, 3.05) is 6.61 Å². The highest BCUT2D eigenvalue weighted by Crippen LogP contribution is 2.26. The van der Waals surface area contributed by atoms with Gasteiger partial charge in [-0.3, -0.25) is 14.5 Å². The quantitative estimate of drug-likeness (QED) is 0.616. The Hall–Kier alpha value is -3.46. The van der Waals surface area contributed by atoms with Crippen LogP contribution in [0.15, 0.2) is 54.6 Å². The van der Waals surface area contributed by atoms with Crippen molar-refractivity contribution in [3.05, 3.63) is 71.3 Å².